The maximum absolute atomic E-state index is 5.53. The van der Waals surface area contributed by atoms with Gasteiger partial charge in [-0.15, -0.1) is 0 Å². The second-order valence-electron chi connectivity index (χ2n) is 3.38. The zero-order valence-electron chi connectivity index (χ0n) is 7.72. The average Bonchev–Trinajstić information content (AvgIpc) is 2.52. The minimum atomic E-state index is 0.0226. The largest absolute Gasteiger partial charge is 0.378 e. The predicted octanol–water partition coefficient (Wildman–Crippen LogP) is 1.84. The van der Waals surface area contributed by atoms with Gasteiger partial charge in [0.15, 0.2) is 0 Å². The maximum Gasteiger partial charge on any atom is 0.0958 e. The van der Waals surface area contributed by atoms with Crippen molar-refractivity contribution in [1.29, 1.82) is 0 Å². The summed E-state index contributed by atoms with van der Waals surface area (Å²) in [6.07, 6.45) is 2.22. The van der Waals surface area contributed by atoms with Crippen LogP contribution in [0.25, 0.3) is 0 Å². The number of methoxy groups -OCH3 is 1. The molecule has 1 unspecified atom stereocenters. The molecule has 0 saturated carbocycles. The minimum Gasteiger partial charge on any atom is -0.378 e. The molecule has 2 atom stereocenters. The van der Waals surface area contributed by atoms with Crippen LogP contribution in [0.2, 0.25) is 0 Å². The molecular formula is C9H18O2. The molecule has 2 heteroatoms. The fourth-order valence-corrected chi connectivity index (χ4v) is 1.68. The molecule has 11 heavy (non-hydrogen) atoms. The molecule has 1 rings (SSSR count). The van der Waals surface area contributed by atoms with E-state index < -0.39 is 0 Å². The molecule has 0 aromatic rings. The first kappa shape index (κ1) is 9.01. The molecule has 0 N–H and O–H groups in total. The molecule has 0 aromatic heterocycles. The first-order chi connectivity index (χ1) is 5.25. The van der Waals surface area contributed by atoms with Crippen LogP contribution in [0.1, 0.15) is 26.7 Å². The van der Waals surface area contributed by atoms with E-state index in [1.807, 2.05) is 0 Å². The third-order valence-electron chi connectivity index (χ3n) is 2.93. The predicted molar refractivity (Wildman–Crippen MR) is 44.6 cm³/mol. The number of hydrogen-bond donors (Lipinski definition) is 0. The summed E-state index contributed by atoms with van der Waals surface area (Å²) in [5, 5.41) is 0. The molecule has 2 nitrogen and oxygen atoms in total. The van der Waals surface area contributed by atoms with Crippen molar-refractivity contribution in [3.63, 3.8) is 0 Å². The summed E-state index contributed by atoms with van der Waals surface area (Å²) in [7, 11) is 1.79. The Morgan fingerprint density at radius 1 is 1.64 bits per heavy atom. The highest BCUT2D eigenvalue weighted by Gasteiger charge is 2.39. The van der Waals surface area contributed by atoms with Crippen LogP contribution in [-0.4, -0.2) is 25.9 Å². The van der Waals surface area contributed by atoms with Crippen molar-refractivity contribution in [1.82, 2.24) is 0 Å². The maximum atomic E-state index is 5.53. The van der Waals surface area contributed by atoms with Crippen molar-refractivity contribution in [2.24, 2.45) is 5.92 Å². The van der Waals surface area contributed by atoms with Crippen LogP contribution < -0.4 is 0 Å². The van der Waals surface area contributed by atoms with Crippen molar-refractivity contribution in [2.75, 3.05) is 20.3 Å². The first-order valence-corrected chi connectivity index (χ1v) is 4.38. The van der Waals surface area contributed by atoms with E-state index in [1.165, 1.54) is 0 Å². The fourth-order valence-electron chi connectivity index (χ4n) is 1.68. The third kappa shape index (κ3) is 1.57. The van der Waals surface area contributed by atoms with Gasteiger partial charge in [0.05, 0.1) is 12.2 Å². The Bertz CT molecular complexity index is 117. The molecule has 1 heterocycles. The van der Waals surface area contributed by atoms with Crippen molar-refractivity contribution in [3.8, 4) is 0 Å². The lowest BCUT2D eigenvalue weighted by atomic mass is 9.86. The zero-order valence-corrected chi connectivity index (χ0v) is 7.72. The van der Waals surface area contributed by atoms with E-state index in [0.29, 0.717) is 5.92 Å². The van der Waals surface area contributed by atoms with E-state index >= 15 is 0 Å². The first-order valence-electron chi connectivity index (χ1n) is 4.38. The van der Waals surface area contributed by atoms with Crippen LogP contribution in [0.15, 0.2) is 0 Å². The summed E-state index contributed by atoms with van der Waals surface area (Å²) in [5.74, 6) is 0.606. The van der Waals surface area contributed by atoms with E-state index in [9.17, 15) is 0 Å². The molecular weight excluding hydrogens is 140 g/mol. The Hall–Kier alpha value is -0.0800. The van der Waals surface area contributed by atoms with Crippen molar-refractivity contribution < 1.29 is 9.47 Å². The van der Waals surface area contributed by atoms with E-state index in [-0.39, 0.29) is 5.60 Å². The normalized spacial score (nSPS) is 34.1. The minimum absolute atomic E-state index is 0.0226. The second kappa shape index (κ2) is 3.55. The second-order valence-corrected chi connectivity index (χ2v) is 3.38. The van der Waals surface area contributed by atoms with Gasteiger partial charge < -0.3 is 9.47 Å². The lowest BCUT2D eigenvalue weighted by Crippen LogP contribution is -2.38. The summed E-state index contributed by atoms with van der Waals surface area (Å²) >= 11 is 0. The molecule has 0 amide bonds. The van der Waals surface area contributed by atoms with Gasteiger partial charge in [-0.1, -0.05) is 20.3 Å². The van der Waals surface area contributed by atoms with E-state index in [1.54, 1.807) is 7.11 Å². The molecule has 0 spiro atoms. The Morgan fingerprint density at radius 2 is 2.36 bits per heavy atom. The summed E-state index contributed by atoms with van der Waals surface area (Å²) < 4.78 is 10.9. The lowest BCUT2D eigenvalue weighted by Gasteiger charge is -2.31. The van der Waals surface area contributed by atoms with Gasteiger partial charge in [-0.05, 0) is 5.92 Å². The SMILES string of the molecule is CCC(C)[C@@]1(OC)CCOC1. The zero-order chi connectivity index (χ0) is 8.32. The monoisotopic (exact) mass is 158 g/mol. The molecule has 66 valence electrons. The highest BCUT2D eigenvalue weighted by atomic mass is 16.5. The summed E-state index contributed by atoms with van der Waals surface area (Å²) in [6.45, 7) is 6.07. The number of ether oxygens (including phenoxy) is 2. The molecule has 0 bridgehead atoms. The number of hydrogen-bond acceptors (Lipinski definition) is 2. The third-order valence-corrected chi connectivity index (χ3v) is 2.93. The molecule has 0 aromatic carbocycles. The number of rotatable bonds is 3. The van der Waals surface area contributed by atoms with E-state index in [0.717, 1.165) is 26.1 Å². The van der Waals surface area contributed by atoms with E-state index in [2.05, 4.69) is 13.8 Å². The van der Waals surface area contributed by atoms with Crippen LogP contribution >= 0.6 is 0 Å². The molecule has 1 fully saturated rings. The van der Waals surface area contributed by atoms with Crippen LogP contribution in [0, 0.1) is 5.92 Å². The van der Waals surface area contributed by atoms with Crippen LogP contribution in [0.3, 0.4) is 0 Å². The van der Waals surface area contributed by atoms with Gasteiger partial charge in [0, 0.05) is 20.1 Å². The Balaban J connectivity index is 2.58. The van der Waals surface area contributed by atoms with Gasteiger partial charge in [-0.2, -0.15) is 0 Å². The molecule has 0 radical (unpaired) electrons. The smallest absolute Gasteiger partial charge is 0.0958 e. The topological polar surface area (TPSA) is 18.5 Å². The van der Waals surface area contributed by atoms with Gasteiger partial charge in [0.1, 0.15) is 0 Å². The fraction of sp³-hybridized carbons (Fsp3) is 1.00. The van der Waals surface area contributed by atoms with Crippen molar-refractivity contribution in [3.05, 3.63) is 0 Å². The standard InChI is InChI=1S/C9H18O2/c1-4-8(2)9(10-3)5-6-11-7-9/h8H,4-7H2,1-3H3/t8?,9-/m1/s1. The molecule has 1 aliphatic rings. The average molecular weight is 158 g/mol. The highest BCUT2D eigenvalue weighted by Crippen LogP contribution is 2.32. The quantitative estimate of drug-likeness (QED) is 0.624. The molecule has 0 aliphatic carbocycles. The lowest BCUT2D eigenvalue weighted by molar-refractivity contribution is -0.0573. The Labute approximate surface area is 68.9 Å². The van der Waals surface area contributed by atoms with Crippen LogP contribution in [0.5, 0.6) is 0 Å². The van der Waals surface area contributed by atoms with Crippen LogP contribution in [-0.2, 0) is 9.47 Å². The molecule has 1 aliphatic heterocycles. The van der Waals surface area contributed by atoms with Gasteiger partial charge in [-0.25, -0.2) is 0 Å². The highest BCUT2D eigenvalue weighted by molar-refractivity contribution is 4.88. The van der Waals surface area contributed by atoms with Crippen molar-refractivity contribution >= 4 is 0 Å². The van der Waals surface area contributed by atoms with E-state index in [4.69, 9.17) is 9.47 Å². The van der Waals surface area contributed by atoms with Gasteiger partial charge in [0.25, 0.3) is 0 Å². The van der Waals surface area contributed by atoms with Gasteiger partial charge in [0.2, 0.25) is 0 Å². The van der Waals surface area contributed by atoms with Gasteiger partial charge >= 0.3 is 0 Å². The summed E-state index contributed by atoms with van der Waals surface area (Å²) in [5.41, 5.74) is 0.0226. The summed E-state index contributed by atoms with van der Waals surface area (Å²) in [6, 6.07) is 0. The Morgan fingerprint density at radius 3 is 2.73 bits per heavy atom. The Kier molecular flexibility index (Phi) is 2.90. The summed E-state index contributed by atoms with van der Waals surface area (Å²) in [4.78, 5) is 0. The molecule has 1 saturated heterocycles. The van der Waals surface area contributed by atoms with Gasteiger partial charge in [-0.3, -0.25) is 0 Å². The van der Waals surface area contributed by atoms with Crippen molar-refractivity contribution in [2.45, 2.75) is 32.3 Å². The van der Waals surface area contributed by atoms with Crippen LogP contribution in [0.4, 0.5) is 0 Å².